The van der Waals surface area contributed by atoms with Crippen molar-refractivity contribution in [3.05, 3.63) is 0 Å². The van der Waals surface area contributed by atoms with Gasteiger partial charge in [-0.2, -0.15) is 0 Å². The van der Waals surface area contributed by atoms with Gasteiger partial charge in [0.2, 0.25) is 0 Å². The van der Waals surface area contributed by atoms with E-state index in [0.29, 0.717) is 5.41 Å². The first-order chi connectivity index (χ1) is 5.90. The second-order valence-corrected chi connectivity index (χ2v) is 6.74. The molecule has 2 aliphatic carbocycles. The average Bonchev–Trinajstić information content (AvgIpc) is 2.75. The van der Waals surface area contributed by atoms with E-state index in [1.807, 2.05) is 0 Å². The summed E-state index contributed by atoms with van der Waals surface area (Å²) in [5.41, 5.74) is 0.547. The first-order valence-corrected chi connectivity index (χ1v) is 5.90. The highest BCUT2D eigenvalue weighted by Crippen LogP contribution is 2.63. The van der Waals surface area contributed by atoms with Crippen molar-refractivity contribution in [3.8, 4) is 0 Å². The van der Waals surface area contributed by atoms with Gasteiger partial charge in [0.15, 0.2) is 0 Å². The fourth-order valence-electron chi connectivity index (χ4n) is 3.20. The van der Waals surface area contributed by atoms with Crippen LogP contribution in [0.5, 0.6) is 0 Å². The summed E-state index contributed by atoms with van der Waals surface area (Å²) in [5.74, 6) is 5.37. The second-order valence-electron chi connectivity index (χ2n) is 6.74. The summed E-state index contributed by atoms with van der Waals surface area (Å²) in [5, 5.41) is 0. The predicted octanol–water partition coefficient (Wildman–Crippen LogP) is 3.96. The van der Waals surface area contributed by atoms with Crippen LogP contribution >= 0.6 is 0 Å². The van der Waals surface area contributed by atoms with Gasteiger partial charge >= 0.3 is 0 Å². The molecule has 0 heteroatoms. The number of hydrogen-bond donors (Lipinski definition) is 0. The Bertz CT molecular complexity index is 199. The van der Waals surface area contributed by atoms with Crippen LogP contribution in [-0.4, -0.2) is 0 Å². The van der Waals surface area contributed by atoms with Crippen LogP contribution in [-0.2, 0) is 0 Å². The molecule has 5 unspecified atom stereocenters. The van der Waals surface area contributed by atoms with Crippen molar-refractivity contribution in [2.75, 3.05) is 0 Å². The first kappa shape index (κ1) is 9.55. The normalized spacial score (nSPS) is 49.2. The van der Waals surface area contributed by atoms with Gasteiger partial charge in [0.05, 0.1) is 0 Å². The smallest absolute Gasteiger partial charge is 0.0323 e. The van der Waals surface area contributed by atoms with Crippen molar-refractivity contribution in [2.24, 2.45) is 35.0 Å². The summed E-state index contributed by atoms with van der Waals surface area (Å²) >= 11 is 0. The average molecular weight is 180 g/mol. The van der Waals surface area contributed by atoms with E-state index < -0.39 is 0 Å². The van der Waals surface area contributed by atoms with Crippen molar-refractivity contribution < 1.29 is 0 Å². The standard InChI is InChI=1S/C13H24/c1-8-6-10(8)12-9(2)11(12)7-13(3,4)5/h8-12H,6-7H2,1-5H3. The third kappa shape index (κ3) is 1.92. The molecule has 2 rings (SSSR count). The van der Waals surface area contributed by atoms with Crippen LogP contribution in [0.2, 0.25) is 0 Å². The van der Waals surface area contributed by atoms with Crippen LogP contribution in [0.1, 0.15) is 47.5 Å². The van der Waals surface area contributed by atoms with Crippen LogP contribution in [0.4, 0.5) is 0 Å². The highest BCUT2D eigenvalue weighted by Gasteiger charge is 2.57. The Labute approximate surface area is 83.1 Å². The van der Waals surface area contributed by atoms with E-state index in [-0.39, 0.29) is 0 Å². The monoisotopic (exact) mass is 180 g/mol. The molecule has 0 aromatic heterocycles. The maximum atomic E-state index is 2.46. The minimum Gasteiger partial charge on any atom is -0.0622 e. The van der Waals surface area contributed by atoms with Gasteiger partial charge in [-0.25, -0.2) is 0 Å². The maximum absolute atomic E-state index is 2.46. The van der Waals surface area contributed by atoms with Crippen LogP contribution in [0, 0.1) is 35.0 Å². The molecule has 13 heavy (non-hydrogen) atoms. The molecule has 0 aromatic rings. The largest absolute Gasteiger partial charge is 0.0622 e. The zero-order valence-corrected chi connectivity index (χ0v) is 9.80. The van der Waals surface area contributed by atoms with Crippen molar-refractivity contribution in [2.45, 2.75) is 47.5 Å². The van der Waals surface area contributed by atoms with Gasteiger partial charge in [0.25, 0.3) is 0 Å². The molecule has 0 saturated heterocycles. The Morgan fingerprint density at radius 1 is 1.15 bits per heavy atom. The Morgan fingerprint density at radius 3 is 2.08 bits per heavy atom. The summed E-state index contributed by atoms with van der Waals surface area (Å²) in [6.45, 7) is 12.0. The fraction of sp³-hybridized carbons (Fsp3) is 1.00. The lowest BCUT2D eigenvalue weighted by Gasteiger charge is -2.17. The van der Waals surface area contributed by atoms with E-state index in [1.54, 1.807) is 0 Å². The molecule has 0 aromatic carbocycles. The Hall–Kier alpha value is 0. The Balaban J connectivity index is 1.84. The zero-order valence-electron chi connectivity index (χ0n) is 9.80. The molecule has 2 saturated carbocycles. The van der Waals surface area contributed by atoms with E-state index in [0.717, 1.165) is 29.6 Å². The first-order valence-electron chi connectivity index (χ1n) is 5.90. The van der Waals surface area contributed by atoms with Gasteiger partial charge in [0, 0.05) is 0 Å². The summed E-state index contributed by atoms with van der Waals surface area (Å²) in [6.07, 6.45) is 2.97. The second kappa shape index (κ2) is 2.74. The summed E-state index contributed by atoms with van der Waals surface area (Å²) < 4.78 is 0. The van der Waals surface area contributed by atoms with E-state index in [9.17, 15) is 0 Å². The van der Waals surface area contributed by atoms with Gasteiger partial charge in [-0.15, -0.1) is 0 Å². The lowest BCUT2D eigenvalue weighted by Crippen LogP contribution is -2.07. The summed E-state index contributed by atoms with van der Waals surface area (Å²) in [4.78, 5) is 0. The molecule has 0 aliphatic heterocycles. The van der Waals surface area contributed by atoms with E-state index in [4.69, 9.17) is 0 Å². The van der Waals surface area contributed by atoms with Crippen LogP contribution in [0.15, 0.2) is 0 Å². The molecular weight excluding hydrogens is 156 g/mol. The number of hydrogen-bond acceptors (Lipinski definition) is 0. The lowest BCUT2D eigenvalue weighted by molar-refractivity contribution is 0.335. The van der Waals surface area contributed by atoms with Gasteiger partial charge in [-0.3, -0.25) is 0 Å². The van der Waals surface area contributed by atoms with Crippen molar-refractivity contribution in [1.29, 1.82) is 0 Å². The molecule has 0 nitrogen and oxygen atoms in total. The van der Waals surface area contributed by atoms with Crippen molar-refractivity contribution in [1.82, 2.24) is 0 Å². The molecule has 0 heterocycles. The van der Waals surface area contributed by atoms with Crippen molar-refractivity contribution in [3.63, 3.8) is 0 Å². The van der Waals surface area contributed by atoms with E-state index >= 15 is 0 Å². The fourth-order valence-corrected chi connectivity index (χ4v) is 3.20. The number of rotatable bonds is 2. The van der Waals surface area contributed by atoms with Gasteiger partial charge in [0.1, 0.15) is 0 Å². The molecule has 0 N–H and O–H groups in total. The highest BCUT2D eigenvalue weighted by molar-refractivity contribution is 5.05. The Morgan fingerprint density at radius 2 is 1.69 bits per heavy atom. The molecule has 0 bridgehead atoms. The van der Waals surface area contributed by atoms with Gasteiger partial charge in [-0.1, -0.05) is 34.6 Å². The quantitative estimate of drug-likeness (QED) is 0.603. The minimum atomic E-state index is 0.547. The third-order valence-electron chi connectivity index (χ3n) is 4.15. The molecular formula is C13H24. The molecule has 2 aliphatic rings. The van der Waals surface area contributed by atoms with E-state index in [1.165, 1.54) is 12.8 Å². The lowest BCUT2D eigenvalue weighted by atomic mass is 9.88. The highest BCUT2D eigenvalue weighted by atomic mass is 14.6. The predicted molar refractivity (Wildman–Crippen MR) is 57.5 cm³/mol. The SMILES string of the molecule is CC1CC1C1C(C)C1CC(C)(C)C. The van der Waals surface area contributed by atoms with Crippen LogP contribution in [0.25, 0.3) is 0 Å². The van der Waals surface area contributed by atoms with E-state index in [2.05, 4.69) is 34.6 Å². The van der Waals surface area contributed by atoms with Gasteiger partial charge in [-0.05, 0) is 47.8 Å². The van der Waals surface area contributed by atoms with Gasteiger partial charge < -0.3 is 0 Å². The molecule has 0 amide bonds. The van der Waals surface area contributed by atoms with Crippen LogP contribution < -0.4 is 0 Å². The zero-order chi connectivity index (χ0) is 9.80. The third-order valence-corrected chi connectivity index (χ3v) is 4.15. The molecule has 0 spiro atoms. The molecule has 2 fully saturated rings. The minimum absolute atomic E-state index is 0.547. The molecule has 5 atom stereocenters. The maximum Gasteiger partial charge on any atom is -0.0323 e. The topological polar surface area (TPSA) is 0 Å². The summed E-state index contributed by atoms with van der Waals surface area (Å²) in [7, 11) is 0. The molecule has 0 radical (unpaired) electrons. The molecule has 76 valence electrons. The van der Waals surface area contributed by atoms with Crippen LogP contribution in [0.3, 0.4) is 0 Å². The summed E-state index contributed by atoms with van der Waals surface area (Å²) in [6, 6.07) is 0. The van der Waals surface area contributed by atoms with Crippen molar-refractivity contribution >= 4 is 0 Å². The Kier molecular flexibility index (Phi) is 2.02.